The molecule has 0 aliphatic heterocycles. The molecule has 0 aliphatic carbocycles. The fraction of sp³-hybridized carbons (Fsp3) is 0.217. The largest absolute Gasteiger partial charge is 0.491 e. The van der Waals surface area contributed by atoms with Crippen LogP contribution in [0.3, 0.4) is 0 Å². The van der Waals surface area contributed by atoms with Crippen molar-refractivity contribution in [2.45, 2.75) is 32.9 Å². The van der Waals surface area contributed by atoms with Crippen molar-refractivity contribution in [3.8, 4) is 17.4 Å². The first kappa shape index (κ1) is 20.3. The van der Waals surface area contributed by atoms with Gasteiger partial charge in [0.2, 0.25) is 11.8 Å². The number of aromatic nitrogens is 1. The fourth-order valence-electron chi connectivity index (χ4n) is 2.68. The normalized spacial score (nSPS) is 10.6. The molecule has 1 heterocycles. The molecule has 3 aromatic rings. The molecule has 0 atom stereocenters. The third-order valence-corrected chi connectivity index (χ3v) is 3.94. The summed E-state index contributed by atoms with van der Waals surface area (Å²) in [5.41, 5.74) is 1.72. The lowest BCUT2D eigenvalue weighted by Crippen LogP contribution is -2.24. The minimum absolute atomic E-state index is 0.0828. The van der Waals surface area contributed by atoms with Gasteiger partial charge in [-0.25, -0.2) is 9.37 Å². The lowest BCUT2D eigenvalue weighted by molar-refractivity contribution is -0.120. The molecule has 1 aromatic heterocycles. The van der Waals surface area contributed by atoms with Crippen molar-refractivity contribution < 1.29 is 18.7 Å². The van der Waals surface area contributed by atoms with Gasteiger partial charge in [0.1, 0.15) is 17.3 Å². The van der Waals surface area contributed by atoms with Crippen molar-refractivity contribution in [2.24, 2.45) is 0 Å². The van der Waals surface area contributed by atoms with Gasteiger partial charge in [-0.2, -0.15) is 0 Å². The highest BCUT2D eigenvalue weighted by atomic mass is 19.1. The number of nitrogens with zero attached hydrogens (tertiary/aromatic N) is 1. The Bertz CT molecular complexity index is 958. The molecule has 1 amide bonds. The van der Waals surface area contributed by atoms with Crippen molar-refractivity contribution in [1.29, 1.82) is 0 Å². The summed E-state index contributed by atoms with van der Waals surface area (Å²) in [5, 5.41) is 2.87. The standard InChI is InChI=1S/C23H23FN2O3/c1-16(2)28-20-7-3-5-17(11-20)12-22(27)25-14-18-9-10-23(26-15-18)29-21-8-4-6-19(24)13-21/h3-11,13,15-16H,12,14H2,1-2H3,(H,25,27). The molecule has 3 rings (SSSR count). The Kier molecular flexibility index (Phi) is 6.79. The topological polar surface area (TPSA) is 60.5 Å². The van der Waals surface area contributed by atoms with E-state index in [2.05, 4.69) is 10.3 Å². The van der Waals surface area contributed by atoms with Crippen LogP contribution < -0.4 is 14.8 Å². The summed E-state index contributed by atoms with van der Waals surface area (Å²) in [7, 11) is 0. The van der Waals surface area contributed by atoms with Crippen LogP contribution in [0.15, 0.2) is 66.9 Å². The van der Waals surface area contributed by atoms with E-state index in [-0.39, 0.29) is 24.2 Å². The molecule has 0 bridgehead atoms. The number of carbonyl (C=O) groups is 1. The van der Waals surface area contributed by atoms with Crippen LogP contribution in [-0.2, 0) is 17.8 Å². The predicted octanol–water partition coefficient (Wildman–Crippen LogP) is 4.66. The zero-order chi connectivity index (χ0) is 20.6. The molecule has 0 unspecified atom stereocenters. The molecule has 2 aromatic carbocycles. The van der Waals surface area contributed by atoms with Gasteiger partial charge < -0.3 is 14.8 Å². The molecular weight excluding hydrogens is 371 g/mol. The predicted molar refractivity (Wildman–Crippen MR) is 108 cm³/mol. The summed E-state index contributed by atoms with van der Waals surface area (Å²) in [6.07, 6.45) is 1.97. The van der Waals surface area contributed by atoms with Crippen LogP contribution in [0.4, 0.5) is 4.39 Å². The number of amides is 1. The molecule has 0 saturated carbocycles. The molecule has 0 fully saturated rings. The average Bonchev–Trinajstić information content (AvgIpc) is 2.67. The first-order chi connectivity index (χ1) is 14.0. The maximum absolute atomic E-state index is 13.2. The van der Waals surface area contributed by atoms with Gasteiger partial charge in [-0.05, 0) is 49.2 Å². The second kappa shape index (κ2) is 9.68. The monoisotopic (exact) mass is 394 g/mol. The summed E-state index contributed by atoms with van der Waals surface area (Å²) in [5.74, 6) is 1.02. The first-order valence-electron chi connectivity index (χ1n) is 9.38. The Morgan fingerprint density at radius 1 is 1.03 bits per heavy atom. The van der Waals surface area contributed by atoms with E-state index in [4.69, 9.17) is 9.47 Å². The molecule has 29 heavy (non-hydrogen) atoms. The molecule has 0 aliphatic rings. The van der Waals surface area contributed by atoms with E-state index in [9.17, 15) is 9.18 Å². The first-order valence-corrected chi connectivity index (χ1v) is 9.38. The number of benzene rings is 2. The van der Waals surface area contributed by atoms with Gasteiger partial charge >= 0.3 is 0 Å². The smallest absolute Gasteiger partial charge is 0.224 e. The van der Waals surface area contributed by atoms with Gasteiger partial charge in [-0.3, -0.25) is 4.79 Å². The number of nitrogens with one attached hydrogen (secondary N) is 1. The van der Waals surface area contributed by atoms with Crippen LogP contribution >= 0.6 is 0 Å². The third kappa shape index (κ3) is 6.60. The molecule has 0 spiro atoms. The Labute approximate surface area is 169 Å². The number of hydrogen-bond donors (Lipinski definition) is 1. The van der Waals surface area contributed by atoms with E-state index in [0.717, 1.165) is 16.9 Å². The van der Waals surface area contributed by atoms with Gasteiger partial charge in [0.05, 0.1) is 12.5 Å². The number of pyridine rings is 1. The van der Waals surface area contributed by atoms with Crippen molar-refractivity contribution in [3.63, 3.8) is 0 Å². The van der Waals surface area contributed by atoms with Crippen molar-refractivity contribution in [3.05, 3.63) is 83.8 Å². The van der Waals surface area contributed by atoms with Crippen molar-refractivity contribution in [1.82, 2.24) is 10.3 Å². The van der Waals surface area contributed by atoms with Gasteiger partial charge in [0.15, 0.2) is 0 Å². The lowest BCUT2D eigenvalue weighted by Gasteiger charge is -2.11. The van der Waals surface area contributed by atoms with E-state index in [0.29, 0.717) is 18.2 Å². The van der Waals surface area contributed by atoms with Crippen LogP contribution in [0.2, 0.25) is 0 Å². The Hall–Kier alpha value is -3.41. The highest BCUT2D eigenvalue weighted by molar-refractivity contribution is 5.78. The zero-order valence-electron chi connectivity index (χ0n) is 16.4. The van der Waals surface area contributed by atoms with Crippen molar-refractivity contribution >= 4 is 5.91 Å². The van der Waals surface area contributed by atoms with E-state index in [1.807, 2.05) is 38.1 Å². The second-order valence-corrected chi connectivity index (χ2v) is 6.83. The average molecular weight is 394 g/mol. The lowest BCUT2D eigenvalue weighted by atomic mass is 10.1. The minimum Gasteiger partial charge on any atom is -0.491 e. The van der Waals surface area contributed by atoms with E-state index in [1.54, 1.807) is 30.5 Å². The molecule has 6 heteroatoms. The Morgan fingerprint density at radius 2 is 1.83 bits per heavy atom. The SMILES string of the molecule is CC(C)Oc1cccc(CC(=O)NCc2ccc(Oc3cccc(F)c3)nc2)c1. The summed E-state index contributed by atoms with van der Waals surface area (Å²) in [6.45, 7) is 4.28. The van der Waals surface area contributed by atoms with Gasteiger partial charge in [0.25, 0.3) is 0 Å². The number of hydrogen-bond acceptors (Lipinski definition) is 4. The molecule has 1 N–H and O–H groups in total. The van der Waals surface area contributed by atoms with Crippen LogP contribution in [0.5, 0.6) is 17.4 Å². The maximum atomic E-state index is 13.2. The molecule has 5 nitrogen and oxygen atoms in total. The Balaban J connectivity index is 1.50. The van der Waals surface area contributed by atoms with Crippen LogP contribution in [0.25, 0.3) is 0 Å². The summed E-state index contributed by atoms with van der Waals surface area (Å²) in [6, 6.07) is 16.9. The number of halogens is 1. The van der Waals surface area contributed by atoms with Crippen LogP contribution in [0, 0.1) is 5.82 Å². The van der Waals surface area contributed by atoms with Gasteiger partial charge in [-0.15, -0.1) is 0 Å². The summed E-state index contributed by atoms with van der Waals surface area (Å²) < 4.78 is 24.4. The minimum atomic E-state index is -0.372. The Morgan fingerprint density at radius 3 is 2.55 bits per heavy atom. The van der Waals surface area contributed by atoms with Gasteiger partial charge in [0, 0.05) is 24.9 Å². The number of carbonyl (C=O) groups excluding carboxylic acids is 1. The summed E-state index contributed by atoms with van der Waals surface area (Å²) in [4.78, 5) is 16.4. The molecular formula is C23H23FN2O3. The third-order valence-electron chi connectivity index (χ3n) is 3.94. The van der Waals surface area contributed by atoms with E-state index in [1.165, 1.54) is 12.1 Å². The second-order valence-electron chi connectivity index (χ2n) is 6.83. The van der Waals surface area contributed by atoms with E-state index < -0.39 is 0 Å². The van der Waals surface area contributed by atoms with Crippen LogP contribution in [0.1, 0.15) is 25.0 Å². The fourth-order valence-corrected chi connectivity index (χ4v) is 2.68. The maximum Gasteiger partial charge on any atom is 0.224 e. The number of ether oxygens (including phenoxy) is 2. The molecule has 0 radical (unpaired) electrons. The number of rotatable bonds is 8. The quantitative estimate of drug-likeness (QED) is 0.604. The summed E-state index contributed by atoms with van der Waals surface area (Å²) >= 11 is 0. The van der Waals surface area contributed by atoms with E-state index >= 15 is 0 Å². The molecule has 0 saturated heterocycles. The highest BCUT2D eigenvalue weighted by Gasteiger charge is 2.06. The molecule has 150 valence electrons. The zero-order valence-corrected chi connectivity index (χ0v) is 16.4. The highest BCUT2D eigenvalue weighted by Crippen LogP contribution is 2.20. The van der Waals surface area contributed by atoms with Crippen molar-refractivity contribution in [2.75, 3.05) is 0 Å². The van der Waals surface area contributed by atoms with Crippen LogP contribution in [-0.4, -0.2) is 17.0 Å². The van der Waals surface area contributed by atoms with Gasteiger partial charge in [-0.1, -0.05) is 24.3 Å².